The molecule has 0 aliphatic carbocycles. The Kier molecular flexibility index (Phi) is 5.09. The van der Waals surface area contributed by atoms with Crippen molar-refractivity contribution >= 4 is 5.97 Å². The Morgan fingerprint density at radius 1 is 1.16 bits per heavy atom. The fourth-order valence-corrected chi connectivity index (χ4v) is 2.18. The molecule has 0 fully saturated rings. The van der Waals surface area contributed by atoms with E-state index in [2.05, 4.69) is 5.16 Å². The number of hydrogen-bond donors (Lipinski definition) is 0. The zero-order chi connectivity index (χ0) is 17.6. The van der Waals surface area contributed by atoms with Gasteiger partial charge in [0.05, 0.1) is 0 Å². The van der Waals surface area contributed by atoms with Crippen molar-refractivity contribution in [2.75, 3.05) is 6.61 Å². The normalized spacial score (nSPS) is 10.5. The van der Waals surface area contributed by atoms with E-state index in [4.69, 9.17) is 14.0 Å². The lowest BCUT2D eigenvalue weighted by atomic mass is 10.1. The minimum atomic E-state index is -0.505. The summed E-state index contributed by atoms with van der Waals surface area (Å²) in [5.74, 6) is 0.280. The van der Waals surface area contributed by atoms with Crippen LogP contribution in [0.5, 0.6) is 5.75 Å². The van der Waals surface area contributed by atoms with Crippen molar-refractivity contribution in [3.8, 4) is 17.1 Å². The van der Waals surface area contributed by atoms with Gasteiger partial charge in [0.15, 0.2) is 12.4 Å². The highest BCUT2D eigenvalue weighted by atomic mass is 19.1. The number of hydrogen-bond acceptors (Lipinski definition) is 5. The summed E-state index contributed by atoms with van der Waals surface area (Å²) in [6, 6.07) is 14.9. The fraction of sp³-hybridized carbons (Fsp3) is 0.158. The number of nitrogens with zero attached hydrogens (tertiary/aromatic N) is 1. The smallest absolute Gasteiger partial charge is 0.344 e. The molecule has 0 unspecified atom stereocenters. The van der Waals surface area contributed by atoms with Crippen LogP contribution >= 0.6 is 0 Å². The van der Waals surface area contributed by atoms with E-state index in [0.717, 1.165) is 5.56 Å². The van der Waals surface area contributed by atoms with E-state index in [0.29, 0.717) is 22.8 Å². The minimum Gasteiger partial charge on any atom is -0.482 e. The zero-order valence-electron chi connectivity index (χ0n) is 13.6. The fourth-order valence-electron chi connectivity index (χ4n) is 2.18. The van der Waals surface area contributed by atoms with E-state index in [1.807, 2.05) is 25.1 Å². The van der Waals surface area contributed by atoms with Crippen molar-refractivity contribution in [1.29, 1.82) is 0 Å². The lowest BCUT2D eigenvalue weighted by Gasteiger charge is -2.08. The number of benzene rings is 2. The Labute approximate surface area is 144 Å². The summed E-state index contributed by atoms with van der Waals surface area (Å²) in [6.45, 7) is 1.68. The van der Waals surface area contributed by atoms with Gasteiger partial charge in [0.1, 0.15) is 23.9 Å². The van der Waals surface area contributed by atoms with E-state index in [1.165, 1.54) is 12.1 Å². The third kappa shape index (κ3) is 4.44. The van der Waals surface area contributed by atoms with Gasteiger partial charge in [-0.3, -0.25) is 0 Å². The van der Waals surface area contributed by atoms with Gasteiger partial charge in [0.2, 0.25) is 0 Å². The van der Waals surface area contributed by atoms with Gasteiger partial charge in [0, 0.05) is 11.6 Å². The molecule has 128 valence electrons. The van der Waals surface area contributed by atoms with Gasteiger partial charge in [-0.05, 0) is 42.8 Å². The first-order chi connectivity index (χ1) is 12.1. The van der Waals surface area contributed by atoms with Crippen molar-refractivity contribution in [2.24, 2.45) is 0 Å². The summed E-state index contributed by atoms with van der Waals surface area (Å²) in [7, 11) is 0. The van der Waals surface area contributed by atoms with Gasteiger partial charge >= 0.3 is 5.97 Å². The molecule has 5 nitrogen and oxygen atoms in total. The first kappa shape index (κ1) is 16.7. The van der Waals surface area contributed by atoms with Crippen LogP contribution in [-0.2, 0) is 16.1 Å². The Balaban J connectivity index is 1.51. The number of aromatic nitrogens is 1. The highest BCUT2D eigenvalue weighted by Crippen LogP contribution is 2.21. The Morgan fingerprint density at radius 3 is 2.68 bits per heavy atom. The average Bonchev–Trinajstić information content (AvgIpc) is 3.09. The van der Waals surface area contributed by atoms with Crippen LogP contribution in [0.3, 0.4) is 0 Å². The molecule has 3 aromatic rings. The molecule has 0 saturated heterocycles. The number of halogens is 1. The molecular weight excluding hydrogens is 325 g/mol. The maximum absolute atomic E-state index is 12.9. The SMILES string of the molecule is Cc1ccccc1OCC(=O)OCc1cc(-c2ccc(F)cc2)on1. The summed E-state index contributed by atoms with van der Waals surface area (Å²) in [4.78, 5) is 11.8. The van der Waals surface area contributed by atoms with Crippen LogP contribution in [0.15, 0.2) is 59.1 Å². The van der Waals surface area contributed by atoms with Crippen LogP contribution in [0.4, 0.5) is 4.39 Å². The number of rotatable bonds is 6. The van der Waals surface area contributed by atoms with Crippen molar-refractivity contribution in [1.82, 2.24) is 5.16 Å². The molecule has 0 N–H and O–H groups in total. The maximum Gasteiger partial charge on any atom is 0.344 e. The van der Waals surface area contributed by atoms with Crippen LogP contribution in [0.1, 0.15) is 11.3 Å². The van der Waals surface area contributed by atoms with Gasteiger partial charge in [0.25, 0.3) is 0 Å². The molecule has 3 rings (SSSR count). The Bertz CT molecular complexity index is 858. The predicted molar refractivity (Wildman–Crippen MR) is 88.4 cm³/mol. The monoisotopic (exact) mass is 341 g/mol. The second-order valence-corrected chi connectivity index (χ2v) is 5.40. The third-order valence-electron chi connectivity index (χ3n) is 3.51. The number of aryl methyl sites for hydroxylation is 1. The minimum absolute atomic E-state index is 0.0271. The van der Waals surface area contributed by atoms with E-state index >= 15 is 0 Å². The molecule has 6 heteroatoms. The number of para-hydroxylation sites is 1. The van der Waals surface area contributed by atoms with Gasteiger partial charge in [-0.25, -0.2) is 9.18 Å². The molecular formula is C19H16FNO4. The molecule has 1 heterocycles. The second-order valence-electron chi connectivity index (χ2n) is 5.40. The number of ether oxygens (including phenoxy) is 2. The molecule has 0 aliphatic rings. The molecule has 0 aliphatic heterocycles. The Morgan fingerprint density at radius 2 is 1.92 bits per heavy atom. The summed E-state index contributed by atoms with van der Waals surface area (Å²) in [5, 5.41) is 3.83. The van der Waals surface area contributed by atoms with E-state index in [9.17, 15) is 9.18 Å². The van der Waals surface area contributed by atoms with E-state index in [1.54, 1.807) is 24.3 Å². The van der Waals surface area contributed by atoms with E-state index in [-0.39, 0.29) is 19.0 Å². The van der Waals surface area contributed by atoms with Crippen LogP contribution in [0, 0.1) is 12.7 Å². The molecule has 0 amide bonds. The first-order valence-electron chi connectivity index (χ1n) is 7.67. The summed E-state index contributed by atoms with van der Waals surface area (Å²) in [5.41, 5.74) is 2.09. The molecule has 0 atom stereocenters. The summed E-state index contributed by atoms with van der Waals surface area (Å²) >= 11 is 0. The van der Waals surface area contributed by atoms with Gasteiger partial charge in [-0.15, -0.1) is 0 Å². The largest absolute Gasteiger partial charge is 0.482 e. The second kappa shape index (κ2) is 7.61. The van der Waals surface area contributed by atoms with Crippen molar-refractivity contribution in [2.45, 2.75) is 13.5 Å². The lowest BCUT2D eigenvalue weighted by Crippen LogP contribution is -2.15. The highest BCUT2D eigenvalue weighted by molar-refractivity contribution is 5.71. The molecule has 0 radical (unpaired) electrons. The van der Waals surface area contributed by atoms with Gasteiger partial charge < -0.3 is 14.0 Å². The molecule has 0 spiro atoms. The molecule has 25 heavy (non-hydrogen) atoms. The number of carbonyl (C=O) groups excluding carboxylic acids is 1. The van der Waals surface area contributed by atoms with Gasteiger partial charge in [-0.1, -0.05) is 23.4 Å². The van der Waals surface area contributed by atoms with Crippen molar-refractivity contribution < 1.29 is 23.2 Å². The summed E-state index contributed by atoms with van der Waals surface area (Å²) < 4.78 is 28.6. The van der Waals surface area contributed by atoms with Crippen LogP contribution in [-0.4, -0.2) is 17.7 Å². The van der Waals surface area contributed by atoms with Crippen molar-refractivity contribution in [3.63, 3.8) is 0 Å². The van der Waals surface area contributed by atoms with Crippen molar-refractivity contribution in [3.05, 3.63) is 71.7 Å². The topological polar surface area (TPSA) is 61.6 Å². The third-order valence-corrected chi connectivity index (χ3v) is 3.51. The van der Waals surface area contributed by atoms with Gasteiger partial charge in [-0.2, -0.15) is 0 Å². The first-order valence-corrected chi connectivity index (χ1v) is 7.67. The molecule has 2 aromatic carbocycles. The lowest BCUT2D eigenvalue weighted by molar-refractivity contribution is -0.147. The van der Waals surface area contributed by atoms with Crippen LogP contribution in [0.25, 0.3) is 11.3 Å². The standard InChI is InChI=1S/C19H16FNO4/c1-13-4-2-3-5-17(13)23-12-19(22)24-11-16-10-18(25-21-16)14-6-8-15(20)9-7-14/h2-10H,11-12H2,1H3. The Hall–Kier alpha value is -3.15. The molecule has 0 saturated carbocycles. The quantitative estimate of drug-likeness (QED) is 0.636. The maximum atomic E-state index is 12.9. The highest BCUT2D eigenvalue weighted by Gasteiger charge is 2.10. The number of esters is 1. The predicted octanol–water partition coefficient (Wildman–Crippen LogP) is 3.91. The van der Waals surface area contributed by atoms with Crippen LogP contribution in [0.2, 0.25) is 0 Å². The van der Waals surface area contributed by atoms with E-state index < -0.39 is 5.97 Å². The molecule has 0 bridgehead atoms. The van der Waals surface area contributed by atoms with Crippen LogP contribution < -0.4 is 4.74 Å². The molecule has 1 aromatic heterocycles. The number of carbonyl (C=O) groups is 1. The summed E-state index contributed by atoms with van der Waals surface area (Å²) in [6.07, 6.45) is 0. The average molecular weight is 341 g/mol. The zero-order valence-corrected chi connectivity index (χ0v) is 13.6.